The lowest BCUT2D eigenvalue weighted by Crippen LogP contribution is -2.28. The van der Waals surface area contributed by atoms with Crippen molar-refractivity contribution in [2.75, 3.05) is 5.75 Å². The summed E-state index contributed by atoms with van der Waals surface area (Å²) < 4.78 is 7.37. The topological polar surface area (TPSA) is 60.1 Å². The smallest absolute Gasteiger partial charge is 0.231 e. The molecule has 0 saturated heterocycles. The van der Waals surface area contributed by atoms with Gasteiger partial charge in [-0.1, -0.05) is 43.8 Å². The van der Waals surface area contributed by atoms with Crippen LogP contribution in [0.15, 0.2) is 64.6 Å². The van der Waals surface area contributed by atoms with E-state index < -0.39 is 0 Å². The second-order valence-corrected chi connectivity index (χ2v) is 7.33. The van der Waals surface area contributed by atoms with Crippen LogP contribution in [0.4, 0.5) is 0 Å². The van der Waals surface area contributed by atoms with Crippen LogP contribution in [0.1, 0.15) is 44.1 Å². The molecule has 0 bridgehead atoms. The van der Waals surface area contributed by atoms with E-state index in [-0.39, 0.29) is 11.9 Å². The van der Waals surface area contributed by atoms with Crippen LogP contribution in [-0.2, 0) is 4.79 Å². The number of carbonyl (C=O) groups excluding carboxylic acids is 1. The van der Waals surface area contributed by atoms with Gasteiger partial charge in [0.2, 0.25) is 5.91 Å². The zero-order valence-corrected chi connectivity index (χ0v) is 16.0. The molecule has 1 unspecified atom stereocenters. The maximum absolute atomic E-state index is 12.3. The minimum absolute atomic E-state index is 0.0504. The van der Waals surface area contributed by atoms with Crippen molar-refractivity contribution in [2.45, 2.75) is 37.9 Å². The van der Waals surface area contributed by atoms with E-state index in [1.807, 2.05) is 42.0 Å². The van der Waals surface area contributed by atoms with Gasteiger partial charge in [-0.15, -0.1) is 0 Å². The monoisotopic (exact) mass is 369 g/mol. The summed E-state index contributed by atoms with van der Waals surface area (Å²) in [4.78, 5) is 16.7. The first-order chi connectivity index (χ1) is 12.6. The Balaban J connectivity index is 1.67. The Labute approximate surface area is 157 Å². The fourth-order valence-corrected chi connectivity index (χ4v) is 3.57. The summed E-state index contributed by atoms with van der Waals surface area (Å²) in [6.07, 6.45) is 5.31. The molecule has 5 nitrogen and oxygen atoms in total. The van der Waals surface area contributed by atoms with E-state index in [0.717, 1.165) is 16.6 Å². The Morgan fingerprint density at radius 2 is 2.04 bits per heavy atom. The molecule has 1 amide bonds. The van der Waals surface area contributed by atoms with Crippen molar-refractivity contribution in [1.29, 1.82) is 0 Å². The van der Waals surface area contributed by atoms with Crippen LogP contribution in [-0.4, -0.2) is 21.2 Å². The highest BCUT2D eigenvalue weighted by Gasteiger charge is 2.15. The van der Waals surface area contributed by atoms with E-state index in [1.54, 1.807) is 12.5 Å². The van der Waals surface area contributed by atoms with Gasteiger partial charge in [-0.25, -0.2) is 4.98 Å². The van der Waals surface area contributed by atoms with E-state index in [4.69, 9.17) is 4.42 Å². The fraction of sp³-hybridized carbons (Fsp3) is 0.300. The third kappa shape index (κ3) is 4.19. The van der Waals surface area contributed by atoms with E-state index >= 15 is 0 Å². The summed E-state index contributed by atoms with van der Waals surface area (Å²) >= 11 is 1.43. The molecule has 0 saturated carbocycles. The molecule has 136 valence electrons. The third-order valence-corrected chi connectivity index (χ3v) is 5.07. The van der Waals surface area contributed by atoms with E-state index in [9.17, 15) is 4.79 Å². The van der Waals surface area contributed by atoms with Crippen molar-refractivity contribution >= 4 is 17.7 Å². The minimum atomic E-state index is -0.153. The normalized spacial score (nSPS) is 12.3. The number of furan rings is 1. The van der Waals surface area contributed by atoms with E-state index in [0.29, 0.717) is 11.7 Å². The van der Waals surface area contributed by atoms with E-state index in [1.165, 1.54) is 17.3 Å². The first-order valence-corrected chi connectivity index (χ1v) is 9.63. The molecular weight excluding hydrogens is 346 g/mol. The Morgan fingerprint density at radius 3 is 2.77 bits per heavy atom. The van der Waals surface area contributed by atoms with Crippen molar-refractivity contribution in [3.63, 3.8) is 0 Å². The highest BCUT2D eigenvalue weighted by atomic mass is 32.2. The molecule has 1 aromatic carbocycles. The van der Waals surface area contributed by atoms with Crippen LogP contribution in [0.25, 0.3) is 5.69 Å². The average molecular weight is 369 g/mol. The number of thioether (sulfide) groups is 1. The van der Waals surface area contributed by atoms with Gasteiger partial charge in [0.25, 0.3) is 0 Å². The van der Waals surface area contributed by atoms with E-state index in [2.05, 4.69) is 36.3 Å². The molecule has 0 fully saturated rings. The molecule has 26 heavy (non-hydrogen) atoms. The largest absolute Gasteiger partial charge is 0.467 e. The van der Waals surface area contributed by atoms with Gasteiger partial charge in [-0.05, 0) is 36.6 Å². The highest BCUT2D eigenvalue weighted by molar-refractivity contribution is 7.99. The van der Waals surface area contributed by atoms with Gasteiger partial charge in [0.1, 0.15) is 5.76 Å². The number of amides is 1. The molecule has 0 aliphatic carbocycles. The summed E-state index contributed by atoms with van der Waals surface area (Å²) in [5, 5.41) is 3.75. The second kappa shape index (κ2) is 8.27. The van der Waals surface area contributed by atoms with Gasteiger partial charge >= 0.3 is 0 Å². The third-order valence-electron chi connectivity index (χ3n) is 4.10. The lowest BCUT2D eigenvalue weighted by atomic mass is 10.0. The zero-order chi connectivity index (χ0) is 18.5. The first kappa shape index (κ1) is 18.3. The van der Waals surface area contributed by atoms with Gasteiger partial charge in [-0.3, -0.25) is 9.36 Å². The van der Waals surface area contributed by atoms with Gasteiger partial charge in [0.15, 0.2) is 5.16 Å². The second-order valence-electron chi connectivity index (χ2n) is 6.39. The predicted octanol–water partition coefficient (Wildman–Crippen LogP) is 4.56. The number of benzene rings is 1. The number of aromatic nitrogens is 2. The Hall–Kier alpha value is -2.47. The number of carbonyl (C=O) groups is 1. The van der Waals surface area contributed by atoms with Gasteiger partial charge in [-0.2, -0.15) is 0 Å². The lowest BCUT2D eigenvalue weighted by Gasteiger charge is -2.15. The quantitative estimate of drug-likeness (QED) is 0.620. The molecule has 1 N–H and O–H groups in total. The molecule has 3 rings (SSSR count). The summed E-state index contributed by atoms with van der Waals surface area (Å²) in [5.74, 6) is 1.40. The maximum Gasteiger partial charge on any atom is 0.231 e. The van der Waals surface area contributed by atoms with Crippen LogP contribution in [0.3, 0.4) is 0 Å². The number of para-hydroxylation sites is 1. The van der Waals surface area contributed by atoms with Crippen LogP contribution < -0.4 is 5.32 Å². The minimum Gasteiger partial charge on any atom is -0.467 e. The Morgan fingerprint density at radius 1 is 1.23 bits per heavy atom. The fourth-order valence-electron chi connectivity index (χ4n) is 2.80. The first-order valence-electron chi connectivity index (χ1n) is 8.64. The van der Waals surface area contributed by atoms with Crippen molar-refractivity contribution in [2.24, 2.45) is 0 Å². The predicted molar refractivity (Wildman–Crippen MR) is 104 cm³/mol. The number of nitrogens with one attached hydrogen (secondary N) is 1. The highest BCUT2D eigenvalue weighted by Crippen LogP contribution is 2.27. The molecule has 0 aliphatic heterocycles. The number of imidazole rings is 1. The number of rotatable bonds is 7. The van der Waals surface area contributed by atoms with Crippen LogP contribution in [0, 0.1) is 0 Å². The van der Waals surface area contributed by atoms with Crippen LogP contribution in [0.5, 0.6) is 0 Å². The maximum atomic E-state index is 12.3. The van der Waals surface area contributed by atoms with Crippen LogP contribution >= 0.6 is 11.8 Å². The zero-order valence-electron chi connectivity index (χ0n) is 15.2. The number of hydrogen-bond donors (Lipinski definition) is 1. The molecule has 6 heteroatoms. The van der Waals surface area contributed by atoms with Crippen molar-refractivity contribution in [3.05, 3.63) is 66.4 Å². The summed E-state index contributed by atoms with van der Waals surface area (Å²) in [7, 11) is 0. The summed E-state index contributed by atoms with van der Waals surface area (Å²) in [6, 6.07) is 11.8. The standard InChI is InChI=1S/C20H23N3O2S/c1-14(2)16-7-4-5-8-17(16)23-11-10-21-20(23)26-13-19(24)22-15(3)18-9-6-12-25-18/h4-12,14-15H,13H2,1-3H3,(H,22,24). The van der Waals surface area contributed by atoms with Crippen LogP contribution in [0.2, 0.25) is 0 Å². The Kier molecular flexibility index (Phi) is 5.83. The molecule has 3 aromatic rings. The van der Waals surface area contributed by atoms with Crippen molar-refractivity contribution in [1.82, 2.24) is 14.9 Å². The van der Waals surface area contributed by atoms with Gasteiger partial charge < -0.3 is 9.73 Å². The number of nitrogens with zero attached hydrogens (tertiary/aromatic N) is 2. The molecule has 1 atom stereocenters. The molecule has 2 aromatic heterocycles. The molecule has 0 aliphatic rings. The summed E-state index contributed by atoms with van der Waals surface area (Å²) in [5.41, 5.74) is 2.36. The Bertz CT molecular complexity index is 856. The average Bonchev–Trinajstić information content (AvgIpc) is 3.31. The molecule has 2 heterocycles. The van der Waals surface area contributed by atoms with Gasteiger partial charge in [0.05, 0.1) is 23.7 Å². The number of hydrogen-bond acceptors (Lipinski definition) is 4. The molecule has 0 spiro atoms. The molecular formula is C20H23N3O2S. The lowest BCUT2D eigenvalue weighted by molar-refractivity contribution is -0.119. The molecule has 0 radical (unpaired) electrons. The van der Waals surface area contributed by atoms with Crippen molar-refractivity contribution < 1.29 is 9.21 Å². The van der Waals surface area contributed by atoms with Crippen molar-refractivity contribution in [3.8, 4) is 5.69 Å². The SMILES string of the molecule is CC(C)c1ccccc1-n1ccnc1SCC(=O)NC(C)c1ccco1. The summed E-state index contributed by atoms with van der Waals surface area (Å²) in [6.45, 7) is 6.25. The van der Waals surface area contributed by atoms with Gasteiger partial charge in [0, 0.05) is 12.4 Å².